The van der Waals surface area contributed by atoms with Crippen molar-refractivity contribution in [1.29, 1.82) is 0 Å². The average Bonchev–Trinajstić information content (AvgIpc) is 2.49. The van der Waals surface area contributed by atoms with Gasteiger partial charge in [0.1, 0.15) is 12.4 Å². The zero-order chi connectivity index (χ0) is 15.2. The smallest absolute Gasteiger partial charge is 0.251 e. The second kappa shape index (κ2) is 6.78. The number of rotatable bonds is 3. The maximum atomic E-state index is 12.0. The Morgan fingerprint density at radius 2 is 2.10 bits per heavy atom. The number of benzene rings is 1. The Morgan fingerprint density at radius 1 is 1.29 bits per heavy atom. The highest BCUT2D eigenvalue weighted by Crippen LogP contribution is 2.18. The Kier molecular flexibility index (Phi) is 4.81. The third-order valence-corrected chi connectivity index (χ3v) is 3.21. The first-order valence-electron chi connectivity index (χ1n) is 6.59. The molecule has 2 aromatic rings. The minimum Gasteiger partial charge on any atom is -0.497 e. The van der Waals surface area contributed by atoms with Crippen molar-refractivity contribution in [2.24, 2.45) is 0 Å². The van der Waals surface area contributed by atoms with Gasteiger partial charge in [0, 0.05) is 17.3 Å². The number of hydrogen-bond acceptors (Lipinski definition) is 3. The zero-order valence-corrected chi connectivity index (χ0v) is 12.1. The van der Waals surface area contributed by atoms with Gasteiger partial charge in [-0.3, -0.25) is 4.79 Å². The van der Waals surface area contributed by atoms with Crippen LogP contribution in [0.5, 0.6) is 5.75 Å². The second-order valence-electron chi connectivity index (χ2n) is 4.57. The van der Waals surface area contributed by atoms with Crippen LogP contribution in [0.15, 0.2) is 41.2 Å². The summed E-state index contributed by atoms with van der Waals surface area (Å²) in [5.74, 6) is 6.25. The van der Waals surface area contributed by atoms with Crippen molar-refractivity contribution in [2.45, 2.75) is 13.5 Å². The van der Waals surface area contributed by atoms with Gasteiger partial charge in [-0.1, -0.05) is 17.9 Å². The Balaban J connectivity index is 2.48. The van der Waals surface area contributed by atoms with E-state index in [4.69, 9.17) is 9.84 Å². The Labute approximate surface area is 123 Å². The normalized spacial score (nSPS) is 9.86. The number of ether oxygens (including phenoxy) is 1. The molecule has 0 fully saturated rings. The van der Waals surface area contributed by atoms with Crippen molar-refractivity contribution >= 4 is 0 Å². The molecule has 0 radical (unpaired) electrons. The molecule has 4 nitrogen and oxygen atoms in total. The second-order valence-corrected chi connectivity index (χ2v) is 4.57. The molecule has 0 saturated carbocycles. The predicted molar refractivity (Wildman–Crippen MR) is 81.5 cm³/mol. The third-order valence-electron chi connectivity index (χ3n) is 3.21. The third kappa shape index (κ3) is 3.53. The van der Waals surface area contributed by atoms with Crippen molar-refractivity contribution < 1.29 is 9.84 Å². The van der Waals surface area contributed by atoms with Gasteiger partial charge in [-0.25, -0.2) is 0 Å². The lowest BCUT2D eigenvalue weighted by Crippen LogP contribution is -2.21. The lowest BCUT2D eigenvalue weighted by atomic mass is 10.1. The molecule has 1 N–H and O–H groups in total. The molecule has 0 amide bonds. The fourth-order valence-electron chi connectivity index (χ4n) is 2.08. The van der Waals surface area contributed by atoms with E-state index in [1.165, 1.54) is 6.07 Å². The van der Waals surface area contributed by atoms with E-state index in [2.05, 4.69) is 11.8 Å². The van der Waals surface area contributed by atoms with Gasteiger partial charge in [0.25, 0.3) is 5.56 Å². The van der Waals surface area contributed by atoms with Crippen LogP contribution in [0.2, 0.25) is 0 Å². The van der Waals surface area contributed by atoms with E-state index < -0.39 is 0 Å². The van der Waals surface area contributed by atoms with Crippen molar-refractivity contribution in [1.82, 2.24) is 4.57 Å². The van der Waals surface area contributed by atoms with E-state index in [9.17, 15) is 4.79 Å². The number of aromatic nitrogens is 1. The molecule has 108 valence electrons. The molecule has 0 aliphatic heterocycles. The number of aryl methyl sites for hydroxylation is 1. The Hall–Kier alpha value is -2.51. The lowest BCUT2D eigenvalue weighted by molar-refractivity contribution is 0.350. The van der Waals surface area contributed by atoms with Crippen molar-refractivity contribution in [2.75, 3.05) is 13.7 Å². The molecular weight excluding hydrogens is 266 g/mol. The molecule has 21 heavy (non-hydrogen) atoms. The van der Waals surface area contributed by atoms with Gasteiger partial charge in [0.2, 0.25) is 0 Å². The van der Waals surface area contributed by atoms with Crippen LogP contribution in [0.4, 0.5) is 0 Å². The summed E-state index contributed by atoms with van der Waals surface area (Å²) < 4.78 is 6.91. The zero-order valence-electron chi connectivity index (χ0n) is 12.1. The van der Waals surface area contributed by atoms with Gasteiger partial charge in [-0.2, -0.15) is 0 Å². The molecule has 0 saturated heterocycles. The van der Waals surface area contributed by atoms with Crippen LogP contribution < -0.4 is 10.3 Å². The van der Waals surface area contributed by atoms with Crippen LogP contribution in [0.3, 0.4) is 0 Å². The number of nitrogens with zero attached hydrogens (tertiary/aromatic N) is 1. The first-order chi connectivity index (χ1) is 10.2. The molecular formula is C17H17NO3. The number of aliphatic hydroxyl groups is 1. The fourth-order valence-corrected chi connectivity index (χ4v) is 2.08. The van der Waals surface area contributed by atoms with Crippen LogP contribution >= 0.6 is 0 Å². The molecule has 0 unspecified atom stereocenters. The van der Waals surface area contributed by atoms with Gasteiger partial charge < -0.3 is 14.4 Å². The van der Waals surface area contributed by atoms with Gasteiger partial charge in [-0.15, -0.1) is 0 Å². The Bertz CT molecular complexity index is 751. The van der Waals surface area contributed by atoms with E-state index in [0.717, 1.165) is 16.8 Å². The minimum atomic E-state index is -0.199. The van der Waals surface area contributed by atoms with Crippen LogP contribution in [-0.4, -0.2) is 23.4 Å². The van der Waals surface area contributed by atoms with Crippen molar-refractivity contribution in [3.8, 4) is 17.6 Å². The average molecular weight is 283 g/mol. The molecule has 1 aromatic heterocycles. The standard InChI is InChI=1S/C17H17NO3/c1-13-5-3-7-17(20)18(13)12-15-11-16(21-2)9-8-14(15)6-4-10-19/h3,5,7-9,11,19H,10,12H2,1-2H3. The topological polar surface area (TPSA) is 51.5 Å². The van der Waals surface area contributed by atoms with Gasteiger partial charge in [0.15, 0.2) is 0 Å². The molecule has 2 rings (SSSR count). The highest BCUT2D eigenvalue weighted by atomic mass is 16.5. The first kappa shape index (κ1) is 14.9. The predicted octanol–water partition coefficient (Wildman–Crippen LogP) is 1.56. The van der Waals surface area contributed by atoms with Crippen LogP contribution in [0.25, 0.3) is 0 Å². The molecule has 1 heterocycles. The number of pyridine rings is 1. The summed E-state index contributed by atoms with van der Waals surface area (Å²) in [5, 5.41) is 8.84. The van der Waals surface area contributed by atoms with Gasteiger partial charge >= 0.3 is 0 Å². The molecule has 4 heteroatoms. The van der Waals surface area contributed by atoms with E-state index >= 15 is 0 Å². The maximum Gasteiger partial charge on any atom is 0.251 e. The van der Waals surface area contributed by atoms with E-state index in [1.807, 2.05) is 31.2 Å². The van der Waals surface area contributed by atoms with E-state index in [1.54, 1.807) is 17.7 Å². The summed E-state index contributed by atoms with van der Waals surface area (Å²) in [6, 6.07) is 10.7. The summed E-state index contributed by atoms with van der Waals surface area (Å²) in [5.41, 5.74) is 2.48. The monoisotopic (exact) mass is 283 g/mol. The summed E-state index contributed by atoms with van der Waals surface area (Å²) >= 11 is 0. The van der Waals surface area contributed by atoms with Crippen LogP contribution in [-0.2, 0) is 6.54 Å². The van der Waals surface area contributed by atoms with Gasteiger partial charge in [0.05, 0.1) is 13.7 Å². The van der Waals surface area contributed by atoms with E-state index in [-0.39, 0.29) is 12.2 Å². The molecule has 1 aromatic carbocycles. The number of aliphatic hydroxyl groups excluding tert-OH is 1. The summed E-state index contributed by atoms with van der Waals surface area (Å²) in [6.45, 7) is 2.11. The van der Waals surface area contributed by atoms with Gasteiger partial charge in [-0.05, 0) is 36.8 Å². The fraction of sp³-hybridized carbons (Fsp3) is 0.235. The molecule has 0 bridgehead atoms. The summed E-state index contributed by atoms with van der Waals surface area (Å²) in [6.07, 6.45) is 0. The molecule has 0 aliphatic carbocycles. The largest absolute Gasteiger partial charge is 0.497 e. The maximum absolute atomic E-state index is 12.0. The minimum absolute atomic E-state index is 0.0566. The number of methoxy groups -OCH3 is 1. The number of hydrogen-bond donors (Lipinski definition) is 1. The molecule has 0 atom stereocenters. The SMILES string of the molecule is COc1ccc(C#CCO)c(Cn2c(C)cccc2=O)c1. The highest BCUT2D eigenvalue weighted by molar-refractivity contribution is 5.45. The first-order valence-corrected chi connectivity index (χ1v) is 6.59. The van der Waals surface area contributed by atoms with E-state index in [0.29, 0.717) is 12.3 Å². The quantitative estimate of drug-likeness (QED) is 0.870. The summed E-state index contributed by atoms with van der Waals surface area (Å²) in [7, 11) is 1.60. The van der Waals surface area contributed by atoms with Crippen LogP contribution in [0, 0.1) is 18.8 Å². The van der Waals surface area contributed by atoms with Crippen molar-refractivity contribution in [3.63, 3.8) is 0 Å². The van der Waals surface area contributed by atoms with Crippen molar-refractivity contribution in [3.05, 3.63) is 63.6 Å². The summed E-state index contributed by atoms with van der Waals surface area (Å²) in [4.78, 5) is 12.0. The molecule has 0 spiro atoms. The lowest BCUT2D eigenvalue weighted by Gasteiger charge is -2.12. The Morgan fingerprint density at radius 3 is 2.76 bits per heavy atom. The van der Waals surface area contributed by atoms with Crippen LogP contribution in [0.1, 0.15) is 16.8 Å². The molecule has 0 aliphatic rings. The highest BCUT2D eigenvalue weighted by Gasteiger charge is 2.06.